The summed E-state index contributed by atoms with van der Waals surface area (Å²) >= 11 is 0. The summed E-state index contributed by atoms with van der Waals surface area (Å²) in [5.41, 5.74) is 9.84. The molecular formula is C15H22N4O. The molecule has 0 amide bonds. The van der Waals surface area contributed by atoms with Crippen molar-refractivity contribution in [3.63, 3.8) is 0 Å². The van der Waals surface area contributed by atoms with Crippen LogP contribution >= 0.6 is 0 Å². The largest absolute Gasteiger partial charge is 0.487 e. The van der Waals surface area contributed by atoms with Crippen LogP contribution in [0.1, 0.15) is 42.4 Å². The van der Waals surface area contributed by atoms with E-state index in [1.807, 2.05) is 16.8 Å². The Kier molecular flexibility index (Phi) is 4.39. The molecule has 0 saturated heterocycles. The smallest absolute Gasteiger partial charge is 0.132 e. The molecule has 2 aromatic rings. The minimum Gasteiger partial charge on any atom is -0.487 e. The zero-order chi connectivity index (χ0) is 14.7. The lowest BCUT2D eigenvalue weighted by Gasteiger charge is -2.14. The summed E-state index contributed by atoms with van der Waals surface area (Å²) in [5.74, 6) is 0.893. The van der Waals surface area contributed by atoms with Crippen LogP contribution in [-0.2, 0) is 13.2 Å². The van der Waals surface area contributed by atoms with Gasteiger partial charge in [0.1, 0.15) is 23.7 Å². The van der Waals surface area contributed by atoms with Crippen LogP contribution in [0.15, 0.2) is 18.2 Å². The second-order valence-electron chi connectivity index (χ2n) is 5.21. The van der Waals surface area contributed by atoms with Gasteiger partial charge in [-0.3, -0.25) is 0 Å². The van der Waals surface area contributed by atoms with Crippen LogP contribution in [0.3, 0.4) is 0 Å². The minimum atomic E-state index is 0.236. The van der Waals surface area contributed by atoms with Crippen LogP contribution in [0, 0.1) is 13.8 Å². The zero-order valence-electron chi connectivity index (χ0n) is 12.6. The molecule has 108 valence electrons. The van der Waals surface area contributed by atoms with Crippen LogP contribution in [0.2, 0.25) is 0 Å². The number of ether oxygens (including phenoxy) is 1. The van der Waals surface area contributed by atoms with E-state index in [1.54, 1.807) is 0 Å². The fraction of sp³-hybridized carbons (Fsp3) is 0.467. The summed E-state index contributed by atoms with van der Waals surface area (Å²) in [5, 5.41) is 8.26. The molecule has 1 aromatic carbocycles. The molecule has 0 bridgehead atoms. The number of benzene rings is 1. The predicted molar refractivity (Wildman–Crippen MR) is 78.5 cm³/mol. The van der Waals surface area contributed by atoms with Gasteiger partial charge >= 0.3 is 0 Å². The minimum absolute atomic E-state index is 0.236. The molecule has 20 heavy (non-hydrogen) atoms. The highest BCUT2D eigenvalue weighted by Crippen LogP contribution is 2.22. The summed E-state index contributed by atoms with van der Waals surface area (Å²) in [6, 6.07) is 6.29. The van der Waals surface area contributed by atoms with Crippen molar-refractivity contribution in [2.45, 2.75) is 46.9 Å². The predicted octanol–water partition coefficient (Wildman–Crippen LogP) is 2.51. The van der Waals surface area contributed by atoms with Gasteiger partial charge in [0, 0.05) is 12.6 Å². The van der Waals surface area contributed by atoms with Gasteiger partial charge in [-0.15, -0.1) is 5.10 Å². The second-order valence-corrected chi connectivity index (χ2v) is 5.21. The van der Waals surface area contributed by atoms with E-state index in [0.717, 1.165) is 22.7 Å². The average molecular weight is 274 g/mol. The molecule has 0 radical (unpaired) electrons. The SMILES string of the molecule is Cc1cccc(OCc2c(CN)nnn2C(C)C)c1C. The number of hydrogen-bond donors (Lipinski definition) is 1. The maximum Gasteiger partial charge on any atom is 0.132 e. The van der Waals surface area contributed by atoms with Crippen molar-refractivity contribution in [1.82, 2.24) is 15.0 Å². The number of aromatic nitrogens is 3. The van der Waals surface area contributed by atoms with Crippen molar-refractivity contribution in [1.29, 1.82) is 0 Å². The van der Waals surface area contributed by atoms with Crippen LogP contribution in [0.4, 0.5) is 0 Å². The Labute approximate surface area is 119 Å². The van der Waals surface area contributed by atoms with Crippen molar-refractivity contribution >= 4 is 0 Å². The summed E-state index contributed by atoms with van der Waals surface area (Å²) < 4.78 is 7.81. The van der Waals surface area contributed by atoms with Gasteiger partial charge < -0.3 is 10.5 Å². The fourth-order valence-corrected chi connectivity index (χ4v) is 2.10. The molecule has 0 atom stereocenters. The molecule has 0 aliphatic carbocycles. The van der Waals surface area contributed by atoms with E-state index in [0.29, 0.717) is 13.2 Å². The number of nitrogens with two attached hydrogens (primary N) is 1. The monoisotopic (exact) mass is 274 g/mol. The van der Waals surface area contributed by atoms with Crippen LogP contribution in [0.25, 0.3) is 0 Å². The van der Waals surface area contributed by atoms with E-state index in [4.69, 9.17) is 10.5 Å². The molecule has 0 unspecified atom stereocenters. The van der Waals surface area contributed by atoms with Gasteiger partial charge in [0.15, 0.2) is 0 Å². The van der Waals surface area contributed by atoms with Gasteiger partial charge in [0.2, 0.25) is 0 Å². The lowest BCUT2D eigenvalue weighted by atomic mass is 10.1. The van der Waals surface area contributed by atoms with E-state index >= 15 is 0 Å². The topological polar surface area (TPSA) is 66.0 Å². The number of nitrogens with zero attached hydrogens (tertiary/aromatic N) is 3. The van der Waals surface area contributed by atoms with E-state index < -0.39 is 0 Å². The Morgan fingerprint density at radius 3 is 2.70 bits per heavy atom. The third kappa shape index (κ3) is 2.82. The number of hydrogen-bond acceptors (Lipinski definition) is 4. The van der Waals surface area contributed by atoms with Gasteiger partial charge in [-0.05, 0) is 44.9 Å². The first-order chi connectivity index (χ1) is 9.54. The highest BCUT2D eigenvalue weighted by molar-refractivity contribution is 5.38. The summed E-state index contributed by atoms with van der Waals surface area (Å²) in [6.07, 6.45) is 0. The Morgan fingerprint density at radius 1 is 1.30 bits per heavy atom. The molecule has 0 spiro atoms. The molecule has 0 saturated carbocycles. The molecule has 2 rings (SSSR count). The van der Waals surface area contributed by atoms with Crippen molar-refractivity contribution in [2.75, 3.05) is 0 Å². The maximum atomic E-state index is 5.94. The Balaban J connectivity index is 2.22. The molecule has 0 fully saturated rings. The first kappa shape index (κ1) is 14.5. The normalized spacial score (nSPS) is 11.1. The van der Waals surface area contributed by atoms with Gasteiger partial charge in [0.05, 0.1) is 0 Å². The van der Waals surface area contributed by atoms with Crippen molar-refractivity contribution < 1.29 is 4.74 Å². The quantitative estimate of drug-likeness (QED) is 0.909. The Bertz CT molecular complexity index is 590. The molecule has 5 heteroatoms. The van der Waals surface area contributed by atoms with Gasteiger partial charge in [-0.25, -0.2) is 4.68 Å². The molecule has 0 aliphatic rings. The Hall–Kier alpha value is -1.88. The molecule has 1 heterocycles. The first-order valence-electron chi connectivity index (χ1n) is 6.86. The lowest BCUT2D eigenvalue weighted by Crippen LogP contribution is -2.12. The van der Waals surface area contributed by atoms with E-state index in [9.17, 15) is 0 Å². The van der Waals surface area contributed by atoms with Gasteiger partial charge in [-0.2, -0.15) is 0 Å². The Morgan fingerprint density at radius 2 is 2.05 bits per heavy atom. The van der Waals surface area contributed by atoms with Crippen molar-refractivity contribution in [3.8, 4) is 5.75 Å². The number of rotatable bonds is 5. The van der Waals surface area contributed by atoms with Crippen LogP contribution in [-0.4, -0.2) is 15.0 Å². The molecule has 0 aliphatic heterocycles. The lowest BCUT2D eigenvalue weighted by molar-refractivity contribution is 0.284. The van der Waals surface area contributed by atoms with E-state index in [2.05, 4.69) is 44.1 Å². The van der Waals surface area contributed by atoms with Crippen LogP contribution < -0.4 is 10.5 Å². The fourth-order valence-electron chi connectivity index (χ4n) is 2.10. The van der Waals surface area contributed by atoms with E-state index in [-0.39, 0.29) is 6.04 Å². The van der Waals surface area contributed by atoms with E-state index in [1.165, 1.54) is 5.56 Å². The summed E-state index contributed by atoms with van der Waals surface area (Å²) in [6.45, 7) is 9.08. The van der Waals surface area contributed by atoms with Crippen molar-refractivity contribution in [3.05, 3.63) is 40.7 Å². The molecule has 5 nitrogen and oxygen atoms in total. The van der Waals surface area contributed by atoms with Gasteiger partial charge in [-0.1, -0.05) is 17.3 Å². The summed E-state index contributed by atoms with van der Waals surface area (Å²) in [7, 11) is 0. The third-order valence-corrected chi connectivity index (χ3v) is 3.47. The zero-order valence-corrected chi connectivity index (χ0v) is 12.6. The first-order valence-corrected chi connectivity index (χ1v) is 6.86. The third-order valence-electron chi connectivity index (χ3n) is 3.47. The van der Waals surface area contributed by atoms with Gasteiger partial charge in [0.25, 0.3) is 0 Å². The molecular weight excluding hydrogens is 252 g/mol. The molecule has 2 N–H and O–H groups in total. The highest BCUT2D eigenvalue weighted by Gasteiger charge is 2.15. The molecule has 1 aromatic heterocycles. The standard InChI is InChI=1S/C15H22N4O/c1-10(2)19-14(13(8-16)17-18-19)9-20-15-7-5-6-11(3)12(15)4/h5-7,10H,8-9,16H2,1-4H3. The number of aryl methyl sites for hydroxylation is 1. The van der Waals surface area contributed by atoms with Crippen LogP contribution in [0.5, 0.6) is 5.75 Å². The highest BCUT2D eigenvalue weighted by atomic mass is 16.5. The van der Waals surface area contributed by atoms with Crippen molar-refractivity contribution in [2.24, 2.45) is 5.73 Å². The average Bonchev–Trinajstić information content (AvgIpc) is 2.83. The second kappa shape index (κ2) is 6.05. The summed E-state index contributed by atoms with van der Waals surface area (Å²) in [4.78, 5) is 0. The maximum absolute atomic E-state index is 5.94.